The summed E-state index contributed by atoms with van der Waals surface area (Å²) in [5.41, 5.74) is 2.15. The number of benzene rings is 2. The van der Waals surface area contributed by atoms with Crippen LogP contribution in [0.5, 0.6) is 0 Å². The van der Waals surface area contributed by atoms with Crippen molar-refractivity contribution in [3.05, 3.63) is 66.2 Å². The molecular formula is C21H25N3O. The molecule has 25 heavy (non-hydrogen) atoms. The maximum atomic E-state index is 12.9. The van der Waals surface area contributed by atoms with Gasteiger partial charge in [0, 0.05) is 31.4 Å². The lowest BCUT2D eigenvalue weighted by molar-refractivity contribution is 0.0954. The van der Waals surface area contributed by atoms with Crippen molar-refractivity contribution in [2.45, 2.75) is 31.3 Å². The summed E-state index contributed by atoms with van der Waals surface area (Å²) < 4.78 is 0. The van der Waals surface area contributed by atoms with Gasteiger partial charge in [0.1, 0.15) is 0 Å². The molecule has 4 rings (SSSR count). The topological polar surface area (TPSA) is 35.6 Å². The quantitative estimate of drug-likeness (QED) is 0.926. The zero-order valence-electron chi connectivity index (χ0n) is 14.5. The molecular weight excluding hydrogens is 310 g/mol. The molecule has 2 amide bonds. The first-order valence-electron chi connectivity index (χ1n) is 9.20. The maximum absolute atomic E-state index is 12.9. The highest BCUT2D eigenvalue weighted by Crippen LogP contribution is 2.29. The summed E-state index contributed by atoms with van der Waals surface area (Å²) in [6.45, 7) is 2.76. The van der Waals surface area contributed by atoms with Crippen LogP contribution in [0.25, 0.3) is 0 Å². The number of amides is 2. The second kappa shape index (κ2) is 7.28. The van der Waals surface area contributed by atoms with Crippen LogP contribution in [0.2, 0.25) is 0 Å². The van der Waals surface area contributed by atoms with Gasteiger partial charge in [0.05, 0.1) is 6.04 Å². The summed E-state index contributed by atoms with van der Waals surface area (Å²) >= 11 is 0. The summed E-state index contributed by atoms with van der Waals surface area (Å²) in [6.07, 6.45) is 3.54. The number of piperazine rings is 1. The van der Waals surface area contributed by atoms with Gasteiger partial charge in [-0.15, -0.1) is 0 Å². The van der Waals surface area contributed by atoms with E-state index in [2.05, 4.69) is 34.5 Å². The van der Waals surface area contributed by atoms with Crippen LogP contribution in [0.4, 0.5) is 10.5 Å². The van der Waals surface area contributed by atoms with E-state index in [1.807, 2.05) is 41.3 Å². The predicted molar refractivity (Wildman–Crippen MR) is 101 cm³/mol. The summed E-state index contributed by atoms with van der Waals surface area (Å²) in [5, 5.41) is 3.06. The lowest BCUT2D eigenvalue weighted by Gasteiger charge is -2.41. The fraction of sp³-hybridized carbons (Fsp3) is 0.381. The largest absolute Gasteiger partial charge is 0.322 e. The lowest BCUT2D eigenvalue weighted by atomic mass is 10.0. The molecule has 4 heteroatoms. The molecule has 1 saturated heterocycles. The Morgan fingerprint density at radius 2 is 1.64 bits per heavy atom. The molecule has 0 aromatic heterocycles. The molecule has 1 saturated carbocycles. The van der Waals surface area contributed by atoms with E-state index in [0.717, 1.165) is 37.8 Å². The van der Waals surface area contributed by atoms with Gasteiger partial charge in [-0.05, 0) is 37.0 Å². The number of nitrogens with zero attached hydrogens (tertiary/aromatic N) is 2. The first-order chi connectivity index (χ1) is 12.3. The van der Waals surface area contributed by atoms with Crippen molar-refractivity contribution in [3.63, 3.8) is 0 Å². The second-order valence-electron chi connectivity index (χ2n) is 7.06. The number of nitrogens with one attached hydrogen (secondary N) is 1. The first kappa shape index (κ1) is 16.2. The van der Waals surface area contributed by atoms with Crippen molar-refractivity contribution < 1.29 is 4.79 Å². The number of para-hydroxylation sites is 1. The van der Waals surface area contributed by atoms with Gasteiger partial charge in [-0.25, -0.2) is 4.79 Å². The number of anilines is 1. The van der Waals surface area contributed by atoms with E-state index < -0.39 is 0 Å². The van der Waals surface area contributed by atoms with E-state index in [-0.39, 0.29) is 12.1 Å². The van der Waals surface area contributed by atoms with Crippen LogP contribution in [-0.4, -0.2) is 47.5 Å². The molecule has 1 atom stereocenters. The molecule has 2 aliphatic rings. The molecule has 1 heterocycles. The summed E-state index contributed by atoms with van der Waals surface area (Å²) in [4.78, 5) is 17.5. The molecule has 1 N–H and O–H groups in total. The number of urea groups is 1. The zero-order valence-corrected chi connectivity index (χ0v) is 14.5. The van der Waals surface area contributed by atoms with Crippen molar-refractivity contribution in [2.75, 3.05) is 25.0 Å². The number of rotatable bonds is 4. The molecule has 1 aliphatic heterocycles. The number of hydrogen-bond acceptors (Lipinski definition) is 2. The molecule has 0 spiro atoms. The number of carbonyl (C=O) groups excluding carboxylic acids is 1. The van der Waals surface area contributed by atoms with Crippen molar-refractivity contribution in [2.24, 2.45) is 0 Å². The minimum Gasteiger partial charge on any atom is -0.319 e. The standard InChI is InChI=1S/C21H25N3O/c25-21(22-18-9-5-2-6-10-18)24-14-13-23(19-11-12-19)16-20(24)15-17-7-3-1-4-8-17/h1-10,19-20H,11-16H2,(H,22,25)/t20-/m1/s1. The van der Waals surface area contributed by atoms with Gasteiger partial charge in [-0.1, -0.05) is 48.5 Å². The van der Waals surface area contributed by atoms with Gasteiger partial charge in [0.15, 0.2) is 0 Å². The van der Waals surface area contributed by atoms with E-state index >= 15 is 0 Å². The highest BCUT2D eigenvalue weighted by atomic mass is 16.2. The van der Waals surface area contributed by atoms with Gasteiger partial charge in [-0.2, -0.15) is 0 Å². The van der Waals surface area contributed by atoms with Gasteiger partial charge < -0.3 is 10.2 Å². The van der Waals surface area contributed by atoms with Crippen LogP contribution >= 0.6 is 0 Å². The third-order valence-corrected chi connectivity index (χ3v) is 5.18. The Labute approximate surface area is 149 Å². The summed E-state index contributed by atoms with van der Waals surface area (Å²) in [7, 11) is 0. The molecule has 0 bridgehead atoms. The van der Waals surface area contributed by atoms with Gasteiger partial charge in [0.2, 0.25) is 0 Å². The normalized spacial score (nSPS) is 21.1. The van der Waals surface area contributed by atoms with Crippen molar-refractivity contribution in [3.8, 4) is 0 Å². The smallest absolute Gasteiger partial charge is 0.319 e. The average Bonchev–Trinajstić information content (AvgIpc) is 3.48. The van der Waals surface area contributed by atoms with Crippen LogP contribution in [0, 0.1) is 0 Å². The van der Waals surface area contributed by atoms with Gasteiger partial charge in [-0.3, -0.25) is 4.90 Å². The Hall–Kier alpha value is -2.33. The molecule has 130 valence electrons. The van der Waals surface area contributed by atoms with Crippen LogP contribution in [-0.2, 0) is 6.42 Å². The Morgan fingerprint density at radius 1 is 0.960 bits per heavy atom. The highest BCUT2D eigenvalue weighted by Gasteiger charge is 2.37. The van der Waals surface area contributed by atoms with Crippen molar-refractivity contribution >= 4 is 11.7 Å². The number of carbonyl (C=O) groups is 1. The number of hydrogen-bond donors (Lipinski definition) is 1. The fourth-order valence-electron chi connectivity index (χ4n) is 3.70. The molecule has 2 aromatic rings. The Bertz CT molecular complexity index is 700. The lowest BCUT2D eigenvalue weighted by Crippen LogP contribution is -2.57. The minimum absolute atomic E-state index is 0.0163. The second-order valence-corrected chi connectivity index (χ2v) is 7.06. The Morgan fingerprint density at radius 3 is 2.32 bits per heavy atom. The third-order valence-electron chi connectivity index (χ3n) is 5.18. The summed E-state index contributed by atoms with van der Waals surface area (Å²) in [6, 6.07) is 21.2. The van der Waals surface area contributed by atoms with Crippen molar-refractivity contribution in [1.29, 1.82) is 0 Å². The van der Waals surface area contributed by atoms with Gasteiger partial charge in [0.25, 0.3) is 0 Å². The first-order valence-corrected chi connectivity index (χ1v) is 9.20. The Balaban J connectivity index is 1.48. The average molecular weight is 335 g/mol. The van der Waals surface area contributed by atoms with Crippen LogP contribution in [0.3, 0.4) is 0 Å². The molecule has 2 fully saturated rings. The minimum atomic E-state index is 0.0163. The third kappa shape index (κ3) is 4.02. The predicted octanol–water partition coefficient (Wildman–Crippen LogP) is 3.61. The van der Waals surface area contributed by atoms with E-state index in [1.54, 1.807) is 0 Å². The SMILES string of the molecule is O=C(Nc1ccccc1)N1CCN(C2CC2)C[C@H]1Cc1ccccc1. The van der Waals surface area contributed by atoms with E-state index in [4.69, 9.17) is 0 Å². The Kier molecular flexibility index (Phi) is 4.70. The molecule has 4 nitrogen and oxygen atoms in total. The van der Waals surface area contributed by atoms with E-state index in [9.17, 15) is 4.79 Å². The molecule has 0 radical (unpaired) electrons. The van der Waals surface area contributed by atoms with Crippen molar-refractivity contribution in [1.82, 2.24) is 9.80 Å². The van der Waals surface area contributed by atoms with Crippen LogP contribution < -0.4 is 5.32 Å². The highest BCUT2D eigenvalue weighted by molar-refractivity contribution is 5.89. The molecule has 2 aromatic carbocycles. The molecule has 0 unspecified atom stereocenters. The summed E-state index contributed by atoms with van der Waals surface area (Å²) in [5.74, 6) is 0. The maximum Gasteiger partial charge on any atom is 0.322 e. The van der Waals surface area contributed by atoms with Crippen LogP contribution in [0.15, 0.2) is 60.7 Å². The van der Waals surface area contributed by atoms with E-state index in [0.29, 0.717) is 0 Å². The van der Waals surface area contributed by atoms with Gasteiger partial charge >= 0.3 is 6.03 Å². The molecule has 1 aliphatic carbocycles. The van der Waals surface area contributed by atoms with E-state index in [1.165, 1.54) is 18.4 Å². The fourth-order valence-corrected chi connectivity index (χ4v) is 3.70. The zero-order chi connectivity index (χ0) is 17.1. The van der Waals surface area contributed by atoms with Crippen LogP contribution in [0.1, 0.15) is 18.4 Å². The monoisotopic (exact) mass is 335 g/mol.